The Bertz CT molecular complexity index is 891. The molecule has 28 heavy (non-hydrogen) atoms. The van der Waals surface area contributed by atoms with Crippen molar-refractivity contribution in [3.63, 3.8) is 0 Å². The molecule has 1 N–H and O–H groups in total. The summed E-state index contributed by atoms with van der Waals surface area (Å²) in [6.45, 7) is 2.14. The third-order valence-electron chi connectivity index (χ3n) is 5.24. The third-order valence-corrected chi connectivity index (χ3v) is 5.24. The van der Waals surface area contributed by atoms with E-state index in [1.807, 2.05) is 47.4 Å². The van der Waals surface area contributed by atoms with Gasteiger partial charge in [-0.05, 0) is 36.1 Å². The van der Waals surface area contributed by atoms with Gasteiger partial charge in [0.15, 0.2) is 0 Å². The van der Waals surface area contributed by atoms with Gasteiger partial charge in [0.2, 0.25) is 5.91 Å². The number of urea groups is 1. The molecule has 1 saturated carbocycles. The molecule has 6 nitrogen and oxygen atoms in total. The van der Waals surface area contributed by atoms with Crippen LogP contribution in [0.25, 0.3) is 0 Å². The Kier molecular flexibility index (Phi) is 4.86. The van der Waals surface area contributed by atoms with Crippen LogP contribution >= 0.6 is 0 Å². The van der Waals surface area contributed by atoms with Gasteiger partial charge in [0.05, 0.1) is 5.69 Å². The molecular formula is C22H23N3O3. The van der Waals surface area contributed by atoms with Crippen LogP contribution in [-0.4, -0.2) is 34.8 Å². The Morgan fingerprint density at radius 1 is 1.04 bits per heavy atom. The summed E-state index contributed by atoms with van der Waals surface area (Å²) in [6.07, 6.45) is 2.58. The fraction of sp³-hybridized carbons (Fsp3) is 0.318. The molecule has 6 heteroatoms. The second-order valence-electron chi connectivity index (χ2n) is 7.41. The molecule has 1 saturated heterocycles. The largest absolute Gasteiger partial charge is 0.336 e. The van der Waals surface area contributed by atoms with E-state index in [1.165, 1.54) is 4.90 Å². The van der Waals surface area contributed by atoms with Crippen molar-refractivity contribution in [3.05, 3.63) is 65.7 Å². The van der Waals surface area contributed by atoms with Crippen LogP contribution in [-0.2, 0) is 22.6 Å². The lowest BCUT2D eigenvalue weighted by atomic mass is 10.1. The van der Waals surface area contributed by atoms with E-state index >= 15 is 0 Å². The summed E-state index contributed by atoms with van der Waals surface area (Å²) in [5.41, 5.74) is 2.53. The first-order valence-electron chi connectivity index (χ1n) is 9.57. The van der Waals surface area contributed by atoms with Gasteiger partial charge >= 0.3 is 6.03 Å². The lowest BCUT2D eigenvalue weighted by molar-refractivity contribution is -0.130. The Morgan fingerprint density at radius 3 is 2.32 bits per heavy atom. The van der Waals surface area contributed by atoms with E-state index in [2.05, 4.69) is 5.32 Å². The van der Waals surface area contributed by atoms with Gasteiger partial charge in [0.25, 0.3) is 5.91 Å². The van der Waals surface area contributed by atoms with Crippen LogP contribution in [0.5, 0.6) is 0 Å². The molecule has 144 valence electrons. The van der Waals surface area contributed by atoms with Gasteiger partial charge in [-0.1, -0.05) is 42.5 Å². The molecule has 2 aliphatic rings. The molecule has 4 rings (SSSR count). The number of hydrogen-bond acceptors (Lipinski definition) is 3. The van der Waals surface area contributed by atoms with Gasteiger partial charge in [0, 0.05) is 25.9 Å². The van der Waals surface area contributed by atoms with Crippen molar-refractivity contribution >= 4 is 23.5 Å². The normalized spacial score (nSPS) is 18.9. The number of nitrogens with zero attached hydrogens (tertiary/aromatic N) is 2. The van der Waals surface area contributed by atoms with Gasteiger partial charge in [-0.2, -0.15) is 0 Å². The molecule has 2 aromatic rings. The summed E-state index contributed by atoms with van der Waals surface area (Å²) >= 11 is 0. The Labute approximate surface area is 164 Å². The molecule has 1 aliphatic heterocycles. The smallest absolute Gasteiger partial charge is 0.329 e. The zero-order valence-electron chi connectivity index (χ0n) is 15.8. The quantitative estimate of drug-likeness (QED) is 0.787. The molecule has 0 aromatic heterocycles. The lowest BCUT2D eigenvalue weighted by Gasteiger charge is -2.21. The van der Waals surface area contributed by atoms with Crippen molar-refractivity contribution in [1.82, 2.24) is 10.2 Å². The predicted octanol–water partition coefficient (Wildman–Crippen LogP) is 2.87. The van der Waals surface area contributed by atoms with Crippen LogP contribution in [0.15, 0.2) is 54.6 Å². The molecule has 1 unspecified atom stereocenters. The van der Waals surface area contributed by atoms with Crippen LogP contribution < -0.4 is 10.2 Å². The van der Waals surface area contributed by atoms with Crippen LogP contribution in [0.3, 0.4) is 0 Å². The van der Waals surface area contributed by atoms with Crippen LogP contribution in [0.2, 0.25) is 0 Å². The third kappa shape index (κ3) is 3.76. The number of anilines is 1. The maximum atomic E-state index is 12.8. The van der Waals surface area contributed by atoms with Gasteiger partial charge in [0.1, 0.15) is 6.04 Å². The maximum Gasteiger partial charge on any atom is 0.329 e. The molecule has 1 aliphatic carbocycles. The Balaban J connectivity index is 1.45. The first kappa shape index (κ1) is 18.2. The summed E-state index contributed by atoms with van der Waals surface area (Å²) in [5, 5.41) is 2.77. The Morgan fingerprint density at radius 2 is 1.71 bits per heavy atom. The molecule has 4 amide bonds. The molecule has 0 bridgehead atoms. The molecule has 0 radical (unpaired) electrons. The summed E-state index contributed by atoms with van der Waals surface area (Å²) in [5.74, 6) is -0.172. The van der Waals surface area contributed by atoms with Crippen LogP contribution in [0, 0.1) is 0 Å². The summed E-state index contributed by atoms with van der Waals surface area (Å²) in [6, 6.07) is 16.3. The number of nitrogens with one attached hydrogen (secondary N) is 1. The minimum absolute atomic E-state index is 0.0735. The number of amides is 4. The summed E-state index contributed by atoms with van der Waals surface area (Å²) < 4.78 is 0. The fourth-order valence-corrected chi connectivity index (χ4v) is 3.59. The summed E-state index contributed by atoms with van der Waals surface area (Å²) in [7, 11) is 0. The zero-order chi connectivity index (χ0) is 19.7. The van der Waals surface area contributed by atoms with Crippen LogP contribution in [0.4, 0.5) is 10.5 Å². The lowest BCUT2D eigenvalue weighted by Crippen LogP contribution is -2.32. The first-order chi connectivity index (χ1) is 13.5. The van der Waals surface area contributed by atoms with Crippen molar-refractivity contribution in [2.75, 3.05) is 4.90 Å². The van der Waals surface area contributed by atoms with Gasteiger partial charge in [-0.15, -0.1) is 0 Å². The van der Waals surface area contributed by atoms with Crippen molar-refractivity contribution in [2.24, 2.45) is 0 Å². The van der Waals surface area contributed by atoms with E-state index in [1.54, 1.807) is 19.1 Å². The van der Waals surface area contributed by atoms with Crippen molar-refractivity contribution in [1.29, 1.82) is 0 Å². The van der Waals surface area contributed by atoms with E-state index < -0.39 is 12.1 Å². The average Bonchev–Trinajstić information content (AvgIpc) is 3.48. The number of carbonyl (C=O) groups is 3. The van der Waals surface area contributed by atoms with Crippen molar-refractivity contribution in [3.8, 4) is 0 Å². The van der Waals surface area contributed by atoms with Crippen molar-refractivity contribution < 1.29 is 14.4 Å². The van der Waals surface area contributed by atoms with E-state index in [4.69, 9.17) is 0 Å². The molecule has 1 atom stereocenters. The first-order valence-corrected chi connectivity index (χ1v) is 9.57. The van der Waals surface area contributed by atoms with E-state index in [0.717, 1.165) is 24.0 Å². The number of imide groups is 1. The second-order valence-corrected chi connectivity index (χ2v) is 7.41. The molecular weight excluding hydrogens is 354 g/mol. The van der Waals surface area contributed by atoms with E-state index in [9.17, 15) is 14.4 Å². The molecule has 2 fully saturated rings. The monoisotopic (exact) mass is 377 g/mol. The molecule has 0 spiro atoms. The van der Waals surface area contributed by atoms with Gasteiger partial charge in [-0.3, -0.25) is 9.59 Å². The van der Waals surface area contributed by atoms with Gasteiger partial charge in [-0.25, -0.2) is 9.69 Å². The standard InChI is InChI=1S/C22H23N3O3/c1-15(26)24(18-11-12-18)14-17-7-9-19(10-8-17)25-21(27)20(23-22(25)28)13-16-5-3-2-4-6-16/h2-10,18,20H,11-14H2,1H3,(H,23,28). The highest BCUT2D eigenvalue weighted by Crippen LogP contribution is 2.29. The van der Waals surface area contributed by atoms with E-state index in [0.29, 0.717) is 24.7 Å². The number of carbonyl (C=O) groups excluding carboxylic acids is 3. The van der Waals surface area contributed by atoms with Gasteiger partial charge < -0.3 is 10.2 Å². The molecule has 2 aromatic carbocycles. The topological polar surface area (TPSA) is 69.7 Å². The highest BCUT2D eigenvalue weighted by Gasteiger charge is 2.39. The summed E-state index contributed by atoms with van der Waals surface area (Å²) in [4.78, 5) is 40.0. The predicted molar refractivity (Wildman–Crippen MR) is 106 cm³/mol. The number of hydrogen-bond donors (Lipinski definition) is 1. The fourth-order valence-electron chi connectivity index (χ4n) is 3.59. The second kappa shape index (κ2) is 7.46. The highest BCUT2D eigenvalue weighted by molar-refractivity contribution is 6.21. The SMILES string of the molecule is CC(=O)N(Cc1ccc(N2C(=O)NC(Cc3ccccc3)C2=O)cc1)C1CC1. The maximum absolute atomic E-state index is 12.8. The minimum atomic E-state index is -0.558. The van der Waals surface area contributed by atoms with E-state index in [-0.39, 0.29) is 11.8 Å². The minimum Gasteiger partial charge on any atom is -0.336 e. The number of benzene rings is 2. The highest BCUT2D eigenvalue weighted by atomic mass is 16.2. The zero-order valence-corrected chi connectivity index (χ0v) is 15.8. The Hall–Kier alpha value is -3.15. The average molecular weight is 377 g/mol. The van der Waals surface area contributed by atoms with Crippen molar-refractivity contribution in [2.45, 2.75) is 44.8 Å². The van der Waals surface area contributed by atoms with Crippen LogP contribution in [0.1, 0.15) is 30.9 Å². The number of rotatable bonds is 6. The molecule has 1 heterocycles.